The van der Waals surface area contributed by atoms with E-state index in [4.69, 9.17) is 0 Å². The number of carbonyl (C=O) groups is 1. The van der Waals surface area contributed by atoms with Crippen molar-refractivity contribution in [2.75, 3.05) is 7.11 Å². The van der Waals surface area contributed by atoms with Crippen molar-refractivity contribution in [3.05, 3.63) is 29.3 Å². The molecule has 5 nitrogen and oxygen atoms in total. The standard InChI is InChI=1S/C10H11NO4S/c1-6-8-4-3-7(10(12)15-2)5-9(8)16(13,14)11-6/h3-6,11H,1-2H3/t6-/m0/s1. The first-order valence-electron chi connectivity index (χ1n) is 4.70. The number of benzene rings is 1. The van der Waals surface area contributed by atoms with Crippen LogP contribution < -0.4 is 4.72 Å². The molecule has 0 spiro atoms. The van der Waals surface area contributed by atoms with Gasteiger partial charge in [-0.1, -0.05) is 6.07 Å². The second kappa shape index (κ2) is 3.57. The summed E-state index contributed by atoms with van der Waals surface area (Å²) < 4.78 is 30.3. The Labute approximate surface area is 93.5 Å². The van der Waals surface area contributed by atoms with Gasteiger partial charge in [0.05, 0.1) is 17.6 Å². The summed E-state index contributed by atoms with van der Waals surface area (Å²) in [6.45, 7) is 1.75. The van der Waals surface area contributed by atoms with Gasteiger partial charge in [-0.25, -0.2) is 17.9 Å². The fourth-order valence-electron chi connectivity index (χ4n) is 1.73. The summed E-state index contributed by atoms with van der Waals surface area (Å²) in [5, 5.41) is 0. The Balaban J connectivity index is 2.59. The highest BCUT2D eigenvalue weighted by Crippen LogP contribution is 2.31. The number of ether oxygens (including phenoxy) is 1. The highest BCUT2D eigenvalue weighted by atomic mass is 32.2. The summed E-state index contributed by atoms with van der Waals surface area (Å²) in [6.07, 6.45) is 0. The van der Waals surface area contributed by atoms with Gasteiger partial charge in [-0.15, -0.1) is 0 Å². The van der Waals surface area contributed by atoms with Crippen LogP contribution in [0.5, 0.6) is 0 Å². The number of fused-ring (bicyclic) bond motifs is 1. The Bertz CT molecular complexity index is 550. The minimum absolute atomic E-state index is 0.155. The monoisotopic (exact) mass is 241 g/mol. The summed E-state index contributed by atoms with van der Waals surface area (Å²) in [5.41, 5.74) is 0.911. The first kappa shape index (κ1) is 11.1. The average Bonchev–Trinajstić information content (AvgIpc) is 2.48. The number of methoxy groups -OCH3 is 1. The van der Waals surface area contributed by atoms with Gasteiger partial charge in [0.2, 0.25) is 10.0 Å². The minimum Gasteiger partial charge on any atom is -0.465 e. The fraction of sp³-hybridized carbons (Fsp3) is 0.300. The molecule has 0 amide bonds. The predicted octanol–water partition coefficient (Wildman–Crippen LogP) is 0.826. The molecule has 2 rings (SSSR count). The zero-order chi connectivity index (χ0) is 11.9. The van der Waals surface area contributed by atoms with Crippen molar-refractivity contribution in [1.82, 2.24) is 4.72 Å². The summed E-state index contributed by atoms with van der Waals surface area (Å²) in [4.78, 5) is 11.4. The van der Waals surface area contributed by atoms with E-state index in [9.17, 15) is 13.2 Å². The zero-order valence-electron chi connectivity index (χ0n) is 8.85. The van der Waals surface area contributed by atoms with E-state index >= 15 is 0 Å². The lowest BCUT2D eigenvalue weighted by Gasteiger charge is -2.03. The number of esters is 1. The zero-order valence-corrected chi connectivity index (χ0v) is 9.67. The van der Waals surface area contributed by atoms with E-state index in [1.54, 1.807) is 19.1 Å². The van der Waals surface area contributed by atoms with Crippen LogP contribution in [0.25, 0.3) is 0 Å². The smallest absolute Gasteiger partial charge is 0.337 e. The predicted molar refractivity (Wildman–Crippen MR) is 56.5 cm³/mol. The summed E-state index contributed by atoms with van der Waals surface area (Å²) in [5.74, 6) is -0.544. The number of nitrogens with one attached hydrogen (secondary N) is 1. The van der Waals surface area contributed by atoms with Gasteiger partial charge >= 0.3 is 5.97 Å². The molecule has 1 N–H and O–H groups in total. The van der Waals surface area contributed by atoms with Crippen LogP contribution in [0.15, 0.2) is 23.1 Å². The number of sulfonamides is 1. The summed E-state index contributed by atoms with van der Waals surface area (Å²) in [7, 11) is -2.22. The first-order chi connectivity index (χ1) is 7.45. The molecule has 0 unspecified atom stereocenters. The van der Waals surface area contributed by atoms with Crippen LogP contribution in [0.2, 0.25) is 0 Å². The normalized spacial score (nSPS) is 21.5. The van der Waals surface area contributed by atoms with Crippen LogP contribution in [-0.2, 0) is 14.8 Å². The topological polar surface area (TPSA) is 72.5 Å². The maximum atomic E-state index is 11.7. The second-order valence-corrected chi connectivity index (χ2v) is 5.27. The molecule has 1 atom stereocenters. The van der Waals surface area contributed by atoms with Gasteiger partial charge in [0, 0.05) is 6.04 Å². The van der Waals surface area contributed by atoms with E-state index in [-0.39, 0.29) is 16.5 Å². The highest BCUT2D eigenvalue weighted by Gasteiger charge is 2.31. The fourth-order valence-corrected chi connectivity index (χ4v) is 3.29. The van der Waals surface area contributed by atoms with E-state index in [2.05, 4.69) is 9.46 Å². The Morgan fingerprint density at radius 1 is 1.44 bits per heavy atom. The van der Waals surface area contributed by atoms with Crippen molar-refractivity contribution < 1.29 is 17.9 Å². The SMILES string of the molecule is COC(=O)c1ccc2c(c1)S(=O)(=O)N[C@H]2C. The molecule has 1 aliphatic heterocycles. The number of hydrogen-bond donors (Lipinski definition) is 1. The molecule has 1 aromatic rings. The van der Waals surface area contributed by atoms with Crippen LogP contribution in [-0.4, -0.2) is 21.5 Å². The third-order valence-corrected chi connectivity index (χ3v) is 4.12. The lowest BCUT2D eigenvalue weighted by Crippen LogP contribution is -2.17. The Morgan fingerprint density at radius 2 is 2.12 bits per heavy atom. The Kier molecular flexibility index (Phi) is 2.47. The lowest BCUT2D eigenvalue weighted by atomic mass is 10.1. The molecular weight excluding hydrogens is 230 g/mol. The van der Waals surface area contributed by atoms with Gasteiger partial charge in [0.25, 0.3) is 0 Å². The summed E-state index contributed by atoms with van der Waals surface area (Å²) >= 11 is 0. The van der Waals surface area contributed by atoms with Crippen LogP contribution in [0.4, 0.5) is 0 Å². The molecule has 1 heterocycles. The first-order valence-corrected chi connectivity index (χ1v) is 6.18. The molecule has 16 heavy (non-hydrogen) atoms. The molecule has 1 aliphatic rings. The van der Waals surface area contributed by atoms with Crippen LogP contribution >= 0.6 is 0 Å². The largest absolute Gasteiger partial charge is 0.465 e. The maximum Gasteiger partial charge on any atom is 0.337 e. The molecule has 0 saturated heterocycles. The number of rotatable bonds is 1. The second-order valence-electron chi connectivity index (χ2n) is 3.59. The van der Waals surface area contributed by atoms with Gasteiger partial charge in [0.15, 0.2) is 0 Å². The van der Waals surface area contributed by atoms with E-state index < -0.39 is 16.0 Å². The van der Waals surface area contributed by atoms with E-state index in [0.29, 0.717) is 5.56 Å². The third-order valence-electron chi connectivity index (χ3n) is 2.52. The summed E-state index contributed by atoms with van der Waals surface area (Å²) in [6, 6.07) is 4.27. The highest BCUT2D eigenvalue weighted by molar-refractivity contribution is 7.89. The van der Waals surface area contributed by atoms with Crippen molar-refractivity contribution in [2.45, 2.75) is 17.9 Å². The van der Waals surface area contributed by atoms with Crippen LogP contribution in [0, 0.1) is 0 Å². The molecule has 0 radical (unpaired) electrons. The molecule has 1 aromatic carbocycles. The molecule has 86 valence electrons. The maximum absolute atomic E-state index is 11.7. The van der Waals surface area contributed by atoms with Gasteiger partial charge in [-0.3, -0.25) is 0 Å². The average molecular weight is 241 g/mol. The van der Waals surface area contributed by atoms with E-state index in [0.717, 1.165) is 0 Å². The third kappa shape index (κ3) is 1.60. The van der Waals surface area contributed by atoms with Crippen LogP contribution in [0.1, 0.15) is 28.9 Å². The Hall–Kier alpha value is -1.40. The molecule has 0 fully saturated rings. The van der Waals surface area contributed by atoms with Crippen molar-refractivity contribution in [3.63, 3.8) is 0 Å². The molecular formula is C10H11NO4S. The van der Waals surface area contributed by atoms with Gasteiger partial charge < -0.3 is 4.74 Å². The van der Waals surface area contributed by atoms with Crippen molar-refractivity contribution in [1.29, 1.82) is 0 Å². The molecule has 6 heteroatoms. The number of carbonyl (C=O) groups excluding carboxylic acids is 1. The van der Waals surface area contributed by atoms with Gasteiger partial charge in [0.1, 0.15) is 0 Å². The number of hydrogen-bond acceptors (Lipinski definition) is 4. The van der Waals surface area contributed by atoms with Crippen molar-refractivity contribution in [2.24, 2.45) is 0 Å². The van der Waals surface area contributed by atoms with Crippen molar-refractivity contribution in [3.8, 4) is 0 Å². The lowest BCUT2D eigenvalue weighted by molar-refractivity contribution is 0.0600. The van der Waals surface area contributed by atoms with Gasteiger partial charge in [-0.2, -0.15) is 0 Å². The quantitative estimate of drug-likeness (QED) is 0.739. The van der Waals surface area contributed by atoms with E-state index in [1.807, 2.05) is 0 Å². The minimum atomic E-state index is -3.48. The molecule has 0 saturated carbocycles. The molecule has 0 aliphatic carbocycles. The van der Waals surface area contributed by atoms with E-state index in [1.165, 1.54) is 13.2 Å². The van der Waals surface area contributed by atoms with Crippen LogP contribution in [0.3, 0.4) is 0 Å². The Morgan fingerprint density at radius 3 is 2.75 bits per heavy atom. The van der Waals surface area contributed by atoms with Gasteiger partial charge in [-0.05, 0) is 24.6 Å². The molecule has 0 bridgehead atoms. The van der Waals surface area contributed by atoms with Crippen molar-refractivity contribution >= 4 is 16.0 Å². The molecule has 0 aromatic heterocycles.